The maximum atomic E-state index is 12.9. The van der Waals surface area contributed by atoms with E-state index in [1.54, 1.807) is 6.92 Å². The third-order valence-electron chi connectivity index (χ3n) is 4.80. The zero-order chi connectivity index (χ0) is 21.8. The maximum absolute atomic E-state index is 12.9. The van der Waals surface area contributed by atoms with E-state index in [-0.39, 0.29) is 18.1 Å². The predicted molar refractivity (Wildman–Crippen MR) is 93.3 cm³/mol. The minimum Gasteiger partial charge on any atom is -0.456 e. The molecule has 0 bridgehead atoms. The Balaban J connectivity index is 1.92. The minimum atomic E-state index is -4.67. The van der Waals surface area contributed by atoms with Crippen molar-refractivity contribution >= 4 is 23.3 Å². The molecule has 0 radical (unpaired) electrons. The lowest BCUT2D eigenvalue weighted by molar-refractivity contribution is -0.490. The van der Waals surface area contributed by atoms with Gasteiger partial charge in [-0.2, -0.15) is 13.2 Å². The molecule has 1 aromatic carbocycles. The lowest BCUT2D eigenvalue weighted by Crippen LogP contribution is -2.28. The number of benzene rings is 1. The molecule has 8 nitrogen and oxygen atoms in total. The van der Waals surface area contributed by atoms with E-state index in [9.17, 15) is 37.7 Å². The van der Waals surface area contributed by atoms with E-state index >= 15 is 0 Å². The molecule has 1 aliphatic rings. The first kappa shape index (κ1) is 22.3. The van der Waals surface area contributed by atoms with Gasteiger partial charge in [0.2, 0.25) is 6.54 Å². The molecule has 1 N–H and O–H groups in total. The van der Waals surface area contributed by atoms with Crippen molar-refractivity contribution in [2.24, 2.45) is 17.8 Å². The highest BCUT2D eigenvalue weighted by Gasteiger charge is 2.44. The molecular weight excluding hydrogens is 397 g/mol. The molecule has 29 heavy (non-hydrogen) atoms. The number of carbonyl (C=O) groups is 3. The number of hydrogen-bond acceptors (Lipinski definition) is 6. The third-order valence-corrected chi connectivity index (χ3v) is 4.80. The lowest BCUT2D eigenvalue weighted by Gasteiger charge is -2.17. The van der Waals surface area contributed by atoms with E-state index in [0.717, 1.165) is 12.1 Å². The highest BCUT2D eigenvalue weighted by molar-refractivity contribution is 5.94. The van der Waals surface area contributed by atoms with Gasteiger partial charge in [0.1, 0.15) is 5.78 Å². The van der Waals surface area contributed by atoms with Crippen molar-refractivity contribution < 1.29 is 37.2 Å². The molecule has 0 saturated heterocycles. The summed E-state index contributed by atoms with van der Waals surface area (Å²) in [7, 11) is 0. The van der Waals surface area contributed by atoms with Gasteiger partial charge in [-0.25, -0.2) is 0 Å². The molecule has 1 aromatic rings. The molecule has 1 fully saturated rings. The number of amides is 1. The fraction of sp³-hybridized carbons (Fsp3) is 0.500. The van der Waals surface area contributed by atoms with Crippen molar-refractivity contribution in [2.45, 2.75) is 25.9 Å². The molecule has 2 rings (SSSR count). The molecule has 0 unspecified atom stereocenters. The van der Waals surface area contributed by atoms with Crippen LogP contribution in [0.15, 0.2) is 24.3 Å². The van der Waals surface area contributed by atoms with Gasteiger partial charge in [0.15, 0.2) is 6.61 Å². The first-order valence-electron chi connectivity index (χ1n) is 8.75. The topological polar surface area (TPSA) is 116 Å². The van der Waals surface area contributed by atoms with E-state index in [2.05, 4.69) is 0 Å². The fourth-order valence-corrected chi connectivity index (χ4v) is 3.41. The SMILES string of the molecule is C[C@H]1CC(=O)[C@@H](CC(=O)OCC(=O)Nc2ccccc2C(F)(F)F)[C@@H]1C[N+](=O)[O-]. The van der Waals surface area contributed by atoms with E-state index in [0.29, 0.717) is 0 Å². The summed E-state index contributed by atoms with van der Waals surface area (Å²) in [5, 5.41) is 12.8. The molecule has 3 atom stereocenters. The normalized spacial score (nSPS) is 21.7. The summed E-state index contributed by atoms with van der Waals surface area (Å²) in [6, 6.07) is 4.33. The van der Waals surface area contributed by atoms with Gasteiger partial charge in [0.05, 0.1) is 17.7 Å². The quantitative estimate of drug-likeness (QED) is 0.415. The second-order valence-electron chi connectivity index (χ2n) is 6.89. The number of anilines is 1. The maximum Gasteiger partial charge on any atom is 0.418 e. The van der Waals surface area contributed by atoms with Crippen LogP contribution >= 0.6 is 0 Å². The number of Topliss-reactive ketones (excluding diaryl/α,β-unsaturated/α-hetero) is 1. The molecular formula is C18H19F3N2O6. The van der Waals surface area contributed by atoms with Gasteiger partial charge in [-0.15, -0.1) is 0 Å². The molecule has 1 saturated carbocycles. The number of carbonyl (C=O) groups excluding carboxylic acids is 3. The van der Waals surface area contributed by atoms with E-state index in [1.165, 1.54) is 12.1 Å². The number of rotatable bonds is 7. The zero-order valence-electron chi connectivity index (χ0n) is 15.4. The van der Waals surface area contributed by atoms with Crippen molar-refractivity contribution in [1.82, 2.24) is 0 Å². The number of hydrogen-bond donors (Lipinski definition) is 1. The smallest absolute Gasteiger partial charge is 0.418 e. The highest BCUT2D eigenvalue weighted by Crippen LogP contribution is 2.37. The van der Waals surface area contributed by atoms with Crippen molar-refractivity contribution in [1.29, 1.82) is 0 Å². The van der Waals surface area contributed by atoms with E-state index < -0.39 is 65.6 Å². The first-order valence-corrected chi connectivity index (χ1v) is 8.75. The van der Waals surface area contributed by atoms with Crippen LogP contribution in [-0.2, 0) is 25.3 Å². The van der Waals surface area contributed by atoms with Gasteiger partial charge < -0.3 is 10.1 Å². The molecule has 0 spiro atoms. The predicted octanol–water partition coefficient (Wildman–Crippen LogP) is 2.70. The van der Waals surface area contributed by atoms with Crippen molar-refractivity contribution in [3.63, 3.8) is 0 Å². The average Bonchev–Trinajstić information content (AvgIpc) is 2.86. The van der Waals surface area contributed by atoms with Gasteiger partial charge in [-0.3, -0.25) is 24.5 Å². The number of ether oxygens (including phenoxy) is 1. The largest absolute Gasteiger partial charge is 0.456 e. The molecule has 1 amide bonds. The number of para-hydroxylation sites is 1. The fourth-order valence-electron chi connectivity index (χ4n) is 3.41. The Morgan fingerprint density at radius 1 is 1.31 bits per heavy atom. The first-order chi connectivity index (χ1) is 13.5. The van der Waals surface area contributed by atoms with E-state index in [1.807, 2.05) is 5.32 Å². The van der Waals surface area contributed by atoms with Crippen molar-refractivity contribution in [3.8, 4) is 0 Å². The summed E-state index contributed by atoms with van der Waals surface area (Å²) in [4.78, 5) is 46.0. The van der Waals surface area contributed by atoms with Crippen LogP contribution in [0.1, 0.15) is 25.3 Å². The molecule has 0 aromatic heterocycles. The summed E-state index contributed by atoms with van der Waals surface area (Å²) in [5.41, 5.74) is -1.53. The van der Waals surface area contributed by atoms with Crippen LogP contribution in [0.4, 0.5) is 18.9 Å². The molecule has 158 valence electrons. The second kappa shape index (κ2) is 9.01. The number of nitrogens with zero attached hydrogens (tertiary/aromatic N) is 1. The van der Waals surface area contributed by atoms with Gasteiger partial charge in [-0.05, 0) is 18.1 Å². The van der Waals surface area contributed by atoms with E-state index in [4.69, 9.17) is 4.74 Å². The number of ketones is 1. The standard InChI is InChI=1S/C18H19F3N2O6/c1-10-6-15(24)11(12(10)8-23(27)28)7-17(26)29-9-16(25)22-14-5-3-2-4-13(14)18(19,20)21/h2-5,10-12H,6-9H2,1H3,(H,22,25)/t10-,11-,12+/m0/s1. The number of halogens is 3. The third kappa shape index (κ3) is 6.00. The van der Waals surface area contributed by atoms with Gasteiger partial charge >= 0.3 is 12.1 Å². The Labute approximate surface area is 163 Å². The van der Waals surface area contributed by atoms with Crippen LogP contribution in [-0.4, -0.2) is 35.7 Å². The summed E-state index contributed by atoms with van der Waals surface area (Å²) >= 11 is 0. The summed E-state index contributed by atoms with van der Waals surface area (Å²) < 4.78 is 43.5. The van der Waals surface area contributed by atoms with Gasteiger partial charge in [-0.1, -0.05) is 19.1 Å². The minimum absolute atomic E-state index is 0.116. The van der Waals surface area contributed by atoms with Crippen molar-refractivity contribution in [2.75, 3.05) is 18.5 Å². The Kier molecular flexibility index (Phi) is 6.93. The average molecular weight is 416 g/mol. The number of alkyl halides is 3. The van der Waals surface area contributed by atoms with Crippen molar-refractivity contribution in [3.05, 3.63) is 39.9 Å². The molecule has 1 aliphatic carbocycles. The summed E-state index contributed by atoms with van der Waals surface area (Å²) in [6.45, 7) is 0.379. The van der Waals surface area contributed by atoms with Crippen LogP contribution in [0.5, 0.6) is 0 Å². The monoisotopic (exact) mass is 416 g/mol. The Hall–Kier alpha value is -2.98. The summed E-state index contributed by atoms with van der Waals surface area (Å²) in [5.74, 6) is -3.94. The zero-order valence-corrected chi connectivity index (χ0v) is 15.4. The van der Waals surface area contributed by atoms with Crippen LogP contribution in [0, 0.1) is 27.9 Å². The number of esters is 1. The van der Waals surface area contributed by atoms with Crippen LogP contribution in [0.3, 0.4) is 0 Å². The van der Waals surface area contributed by atoms with Crippen LogP contribution in [0.25, 0.3) is 0 Å². The Bertz CT molecular complexity index is 811. The Morgan fingerprint density at radius 2 is 1.97 bits per heavy atom. The summed E-state index contributed by atoms with van der Waals surface area (Å²) in [6.07, 6.45) is -4.98. The van der Waals surface area contributed by atoms with Crippen LogP contribution in [0.2, 0.25) is 0 Å². The van der Waals surface area contributed by atoms with Gasteiger partial charge in [0.25, 0.3) is 5.91 Å². The molecule has 0 aliphatic heterocycles. The highest BCUT2D eigenvalue weighted by atomic mass is 19.4. The number of nitro groups is 1. The molecule has 0 heterocycles. The Morgan fingerprint density at radius 3 is 2.59 bits per heavy atom. The van der Waals surface area contributed by atoms with Gasteiger partial charge in [0, 0.05) is 23.2 Å². The lowest BCUT2D eigenvalue weighted by atomic mass is 9.88. The second-order valence-corrected chi connectivity index (χ2v) is 6.89. The van der Waals surface area contributed by atoms with Crippen LogP contribution < -0.4 is 5.32 Å². The number of nitrogens with one attached hydrogen (secondary N) is 1. The molecule has 11 heteroatoms.